The van der Waals surface area contributed by atoms with Crippen LogP contribution < -0.4 is 15.8 Å². The highest BCUT2D eigenvalue weighted by Crippen LogP contribution is 2.17. The van der Waals surface area contributed by atoms with Crippen molar-refractivity contribution in [1.82, 2.24) is 5.32 Å². The molecular formula is C14H22N2O. The fourth-order valence-electron chi connectivity index (χ4n) is 1.60. The van der Waals surface area contributed by atoms with Crippen molar-refractivity contribution in [2.45, 2.75) is 19.9 Å². The first-order valence-corrected chi connectivity index (χ1v) is 5.98. The van der Waals surface area contributed by atoms with Crippen molar-refractivity contribution in [3.8, 4) is 5.75 Å². The van der Waals surface area contributed by atoms with Gasteiger partial charge in [0, 0.05) is 19.1 Å². The summed E-state index contributed by atoms with van der Waals surface area (Å²) >= 11 is 0. The van der Waals surface area contributed by atoms with Crippen molar-refractivity contribution in [2.24, 2.45) is 5.73 Å². The molecule has 1 unspecified atom stereocenters. The second kappa shape index (κ2) is 7.09. The van der Waals surface area contributed by atoms with E-state index >= 15 is 0 Å². The molecule has 0 aliphatic rings. The number of nitrogens with one attached hydrogen (secondary N) is 1. The molecule has 0 saturated heterocycles. The van der Waals surface area contributed by atoms with Crippen molar-refractivity contribution >= 4 is 0 Å². The van der Waals surface area contributed by atoms with Gasteiger partial charge in [0.25, 0.3) is 0 Å². The third-order valence-electron chi connectivity index (χ3n) is 2.48. The van der Waals surface area contributed by atoms with Crippen LogP contribution >= 0.6 is 0 Å². The Bertz CT molecular complexity index is 346. The average molecular weight is 234 g/mol. The lowest BCUT2D eigenvalue weighted by atomic mass is 10.1. The van der Waals surface area contributed by atoms with Crippen molar-refractivity contribution in [3.05, 3.63) is 42.0 Å². The van der Waals surface area contributed by atoms with Gasteiger partial charge in [-0.3, -0.25) is 0 Å². The first kappa shape index (κ1) is 13.7. The Morgan fingerprint density at radius 1 is 1.41 bits per heavy atom. The fourth-order valence-corrected chi connectivity index (χ4v) is 1.60. The highest BCUT2D eigenvalue weighted by Gasteiger charge is 2.08. The molecule has 0 saturated carbocycles. The van der Waals surface area contributed by atoms with Crippen LogP contribution in [0.25, 0.3) is 0 Å². The van der Waals surface area contributed by atoms with Crippen LogP contribution in [0.1, 0.15) is 25.5 Å². The summed E-state index contributed by atoms with van der Waals surface area (Å²) in [5.41, 5.74) is 8.05. The molecule has 17 heavy (non-hydrogen) atoms. The summed E-state index contributed by atoms with van der Waals surface area (Å²) in [7, 11) is 0. The van der Waals surface area contributed by atoms with Crippen LogP contribution in [0.3, 0.4) is 0 Å². The highest BCUT2D eigenvalue weighted by atomic mass is 16.5. The van der Waals surface area contributed by atoms with Gasteiger partial charge < -0.3 is 15.8 Å². The zero-order valence-corrected chi connectivity index (χ0v) is 10.7. The molecule has 3 N–H and O–H groups in total. The van der Waals surface area contributed by atoms with Gasteiger partial charge in [0.15, 0.2) is 0 Å². The van der Waals surface area contributed by atoms with Crippen LogP contribution in [-0.4, -0.2) is 19.7 Å². The van der Waals surface area contributed by atoms with Crippen molar-refractivity contribution in [2.75, 3.05) is 19.7 Å². The van der Waals surface area contributed by atoms with E-state index in [4.69, 9.17) is 10.5 Å². The van der Waals surface area contributed by atoms with Crippen LogP contribution in [0.4, 0.5) is 0 Å². The van der Waals surface area contributed by atoms with Gasteiger partial charge in [-0.05, 0) is 31.5 Å². The molecule has 0 heterocycles. The lowest BCUT2D eigenvalue weighted by Gasteiger charge is -2.17. The molecule has 1 atom stereocenters. The molecule has 0 aromatic heterocycles. The molecule has 1 aromatic carbocycles. The Kier molecular flexibility index (Phi) is 5.73. The molecule has 0 fully saturated rings. The van der Waals surface area contributed by atoms with Gasteiger partial charge in [-0.1, -0.05) is 24.3 Å². The minimum atomic E-state index is 0.169. The lowest BCUT2D eigenvalue weighted by Crippen LogP contribution is -2.29. The predicted octanol–water partition coefficient (Wildman–Crippen LogP) is 2.25. The summed E-state index contributed by atoms with van der Waals surface area (Å²) < 4.78 is 5.41. The normalized spacial score (nSPS) is 12.2. The molecule has 0 bridgehead atoms. The number of ether oxygens (including phenoxy) is 1. The maximum absolute atomic E-state index is 5.76. The van der Waals surface area contributed by atoms with E-state index in [2.05, 4.69) is 11.9 Å². The predicted molar refractivity (Wildman–Crippen MR) is 72.2 cm³/mol. The fraction of sp³-hybridized carbons (Fsp3) is 0.429. The third kappa shape index (κ3) is 4.59. The molecule has 0 aliphatic heterocycles. The van der Waals surface area contributed by atoms with Gasteiger partial charge in [0.2, 0.25) is 0 Å². The molecule has 0 amide bonds. The summed E-state index contributed by atoms with van der Waals surface area (Å²) in [6.07, 6.45) is 0. The first-order valence-electron chi connectivity index (χ1n) is 5.98. The minimum absolute atomic E-state index is 0.169. The van der Waals surface area contributed by atoms with Crippen LogP contribution in [0.2, 0.25) is 0 Å². The van der Waals surface area contributed by atoms with Crippen molar-refractivity contribution in [3.63, 3.8) is 0 Å². The average Bonchev–Trinajstić information content (AvgIpc) is 2.32. The summed E-state index contributed by atoms with van der Waals surface area (Å²) in [6, 6.07) is 8.22. The monoisotopic (exact) mass is 234 g/mol. The summed E-state index contributed by atoms with van der Waals surface area (Å²) in [6.45, 7) is 9.89. The van der Waals surface area contributed by atoms with Crippen molar-refractivity contribution in [1.29, 1.82) is 0 Å². The van der Waals surface area contributed by atoms with Gasteiger partial charge >= 0.3 is 0 Å². The maximum atomic E-state index is 5.76. The molecule has 0 radical (unpaired) electrons. The van der Waals surface area contributed by atoms with Gasteiger partial charge in [-0.15, -0.1) is 0 Å². The topological polar surface area (TPSA) is 47.3 Å². The molecule has 3 heteroatoms. The molecule has 94 valence electrons. The number of nitrogens with two attached hydrogens (primary N) is 1. The highest BCUT2D eigenvalue weighted by molar-refractivity contribution is 5.29. The second-order valence-electron chi connectivity index (χ2n) is 4.13. The first-order chi connectivity index (χ1) is 8.17. The SMILES string of the molecule is C=C(C)CNC(CN)c1ccc(OCC)cc1. The van der Waals surface area contributed by atoms with Crippen LogP contribution in [0.15, 0.2) is 36.4 Å². The van der Waals surface area contributed by atoms with E-state index in [1.165, 1.54) is 5.56 Å². The Morgan fingerprint density at radius 3 is 2.53 bits per heavy atom. The Morgan fingerprint density at radius 2 is 2.06 bits per heavy atom. The third-order valence-corrected chi connectivity index (χ3v) is 2.48. The Labute approximate surface area is 104 Å². The second-order valence-corrected chi connectivity index (χ2v) is 4.13. The van der Waals surface area contributed by atoms with Gasteiger partial charge in [-0.2, -0.15) is 0 Å². The number of rotatable bonds is 7. The van der Waals surface area contributed by atoms with Crippen LogP contribution in [0.5, 0.6) is 5.75 Å². The zero-order chi connectivity index (χ0) is 12.7. The number of hydrogen-bond donors (Lipinski definition) is 2. The molecule has 3 nitrogen and oxygen atoms in total. The molecule has 1 rings (SSSR count). The largest absolute Gasteiger partial charge is 0.494 e. The van der Waals surface area contributed by atoms with E-state index in [9.17, 15) is 0 Å². The number of benzene rings is 1. The smallest absolute Gasteiger partial charge is 0.119 e. The van der Waals surface area contributed by atoms with E-state index in [0.717, 1.165) is 17.9 Å². The quantitative estimate of drug-likeness (QED) is 0.711. The molecular weight excluding hydrogens is 212 g/mol. The Hall–Kier alpha value is -1.32. The van der Waals surface area contributed by atoms with Crippen molar-refractivity contribution < 1.29 is 4.74 Å². The summed E-state index contributed by atoms with van der Waals surface area (Å²) in [5.74, 6) is 0.895. The van der Waals surface area contributed by atoms with E-state index in [1.54, 1.807) is 0 Å². The maximum Gasteiger partial charge on any atom is 0.119 e. The van der Waals surface area contributed by atoms with E-state index in [-0.39, 0.29) is 6.04 Å². The van der Waals surface area contributed by atoms with E-state index < -0.39 is 0 Å². The van der Waals surface area contributed by atoms with Gasteiger partial charge in [0.1, 0.15) is 5.75 Å². The van der Waals surface area contributed by atoms with Crippen LogP contribution in [-0.2, 0) is 0 Å². The molecule has 0 aliphatic carbocycles. The van der Waals surface area contributed by atoms with Gasteiger partial charge in [0.05, 0.1) is 6.61 Å². The standard InChI is InChI=1S/C14H22N2O/c1-4-17-13-7-5-12(6-8-13)14(9-15)16-10-11(2)3/h5-8,14,16H,2,4,9-10,15H2,1,3H3. The molecule has 1 aromatic rings. The lowest BCUT2D eigenvalue weighted by molar-refractivity contribution is 0.340. The van der Waals surface area contributed by atoms with E-state index in [0.29, 0.717) is 13.2 Å². The van der Waals surface area contributed by atoms with Gasteiger partial charge in [-0.25, -0.2) is 0 Å². The number of hydrogen-bond acceptors (Lipinski definition) is 3. The Balaban J connectivity index is 2.64. The van der Waals surface area contributed by atoms with E-state index in [1.807, 2.05) is 38.1 Å². The van der Waals surface area contributed by atoms with Crippen LogP contribution in [0, 0.1) is 0 Å². The minimum Gasteiger partial charge on any atom is -0.494 e. The molecule has 0 spiro atoms. The summed E-state index contributed by atoms with van der Waals surface area (Å²) in [5, 5.41) is 3.37. The summed E-state index contributed by atoms with van der Waals surface area (Å²) in [4.78, 5) is 0. The zero-order valence-electron chi connectivity index (χ0n) is 10.7.